The quantitative estimate of drug-likeness (QED) is 0.550. The Balaban J connectivity index is 1.35. The van der Waals surface area contributed by atoms with Crippen LogP contribution in [0.3, 0.4) is 0 Å². The molecule has 1 aliphatic heterocycles. The molecule has 0 spiro atoms. The van der Waals surface area contributed by atoms with Crippen molar-refractivity contribution in [1.29, 1.82) is 0 Å². The highest BCUT2D eigenvalue weighted by atomic mass is 16.2. The summed E-state index contributed by atoms with van der Waals surface area (Å²) in [6.07, 6.45) is 1.51. The Labute approximate surface area is 165 Å². The van der Waals surface area contributed by atoms with Crippen LogP contribution in [0.4, 0.5) is 0 Å². The van der Waals surface area contributed by atoms with Crippen LogP contribution in [-0.4, -0.2) is 47.1 Å². The summed E-state index contributed by atoms with van der Waals surface area (Å²) < 4.78 is 1.91. The van der Waals surface area contributed by atoms with Crippen LogP contribution in [0.5, 0.6) is 0 Å². The summed E-state index contributed by atoms with van der Waals surface area (Å²) >= 11 is 0. The number of carbonyl (C=O) groups excluding carboxylic acids is 1. The van der Waals surface area contributed by atoms with Gasteiger partial charge in [0.15, 0.2) is 5.82 Å². The highest BCUT2D eigenvalue weighted by Crippen LogP contribution is 2.23. The number of nitrogens with zero attached hydrogens (tertiary/aromatic N) is 5. The number of nitrogens with one attached hydrogen (secondary N) is 2. The normalized spacial score (nSPS) is 13.6. The first kappa shape index (κ1) is 17.4. The maximum Gasteiger partial charge on any atom is 0.254 e. The van der Waals surface area contributed by atoms with Crippen molar-refractivity contribution >= 4 is 16.9 Å². The van der Waals surface area contributed by atoms with E-state index in [1.54, 1.807) is 11.8 Å². The minimum absolute atomic E-state index is 0.0349. The van der Waals surface area contributed by atoms with Gasteiger partial charge in [-0.15, -0.1) is 0 Å². The molecule has 0 radical (unpaired) electrons. The lowest BCUT2D eigenvalue weighted by Crippen LogP contribution is -2.39. The second-order valence-corrected chi connectivity index (χ2v) is 7.16. The highest BCUT2D eigenvalue weighted by molar-refractivity contribution is 5.79. The number of fused-ring (bicyclic) bond motifs is 2. The third-order valence-electron chi connectivity index (χ3n) is 5.12. The van der Waals surface area contributed by atoms with Crippen molar-refractivity contribution in [3.8, 4) is 11.5 Å². The van der Waals surface area contributed by atoms with Crippen molar-refractivity contribution in [3.63, 3.8) is 0 Å². The van der Waals surface area contributed by atoms with E-state index in [0.717, 1.165) is 22.4 Å². The summed E-state index contributed by atoms with van der Waals surface area (Å²) in [5.74, 6) is 1.15. The standard InChI is InChI=1S/C20H19N7O2/c1-12-21-10-13(20(29)22-12)8-18(28)26-6-7-27-14(11-26)9-17(25-27)19-23-15-4-2-3-5-16(15)24-19/h2-5,9-10H,6-8,11H2,1H3,(H,23,24)(H,21,22,29). The molecule has 4 heterocycles. The van der Waals surface area contributed by atoms with Gasteiger partial charge in [-0.2, -0.15) is 5.10 Å². The van der Waals surface area contributed by atoms with E-state index in [1.165, 1.54) is 6.20 Å². The SMILES string of the molecule is Cc1ncc(CC(=O)N2CCn3nc(-c4nc5ccccc5[nH]4)cc3C2)c(=O)[nH]1. The minimum Gasteiger partial charge on any atom is -0.337 e. The number of hydrogen-bond acceptors (Lipinski definition) is 5. The number of benzene rings is 1. The number of aromatic amines is 2. The molecule has 1 aromatic carbocycles. The van der Waals surface area contributed by atoms with E-state index in [-0.39, 0.29) is 17.9 Å². The molecule has 0 aliphatic carbocycles. The molecule has 2 N–H and O–H groups in total. The van der Waals surface area contributed by atoms with E-state index >= 15 is 0 Å². The fourth-order valence-corrected chi connectivity index (χ4v) is 3.58. The van der Waals surface area contributed by atoms with Gasteiger partial charge < -0.3 is 14.9 Å². The van der Waals surface area contributed by atoms with Crippen LogP contribution in [0, 0.1) is 6.92 Å². The van der Waals surface area contributed by atoms with Crippen molar-refractivity contribution in [2.75, 3.05) is 6.54 Å². The first-order valence-electron chi connectivity index (χ1n) is 9.41. The first-order chi connectivity index (χ1) is 14.1. The average Bonchev–Trinajstić information content (AvgIpc) is 3.33. The van der Waals surface area contributed by atoms with Gasteiger partial charge in [0.1, 0.15) is 11.5 Å². The molecule has 4 aromatic rings. The molecule has 0 atom stereocenters. The predicted octanol–water partition coefficient (Wildman–Crippen LogP) is 1.40. The molecule has 0 bridgehead atoms. The minimum atomic E-state index is -0.264. The van der Waals surface area contributed by atoms with Crippen molar-refractivity contribution < 1.29 is 4.79 Å². The van der Waals surface area contributed by atoms with Gasteiger partial charge in [-0.1, -0.05) is 12.1 Å². The summed E-state index contributed by atoms with van der Waals surface area (Å²) in [5.41, 5.74) is 3.66. The molecule has 0 saturated carbocycles. The fourth-order valence-electron chi connectivity index (χ4n) is 3.58. The van der Waals surface area contributed by atoms with Gasteiger partial charge in [0.2, 0.25) is 5.91 Å². The summed E-state index contributed by atoms with van der Waals surface area (Å²) in [7, 11) is 0. The average molecular weight is 389 g/mol. The van der Waals surface area contributed by atoms with E-state index < -0.39 is 0 Å². The highest BCUT2D eigenvalue weighted by Gasteiger charge is 2.24. The van der Waals surface area contributed by atoms with Crippen molar-refractivity contribution in [1.82, 2.24) is 34.6 Å². The van der Waals surface area contributed by atoms with Gasteiger partial charge in [0.05, 0.1) is 36.2 Å². The number of aromatic nitrogens is 6. The van der Waals surface area contributed by atoms with Gasteiger partial charge in [0.25, 0.3) is 5.56 Å². The van der Waals surface area contributed by atoms with E-state index in [0.29, 0.717) is 36.8 Å². The zero-order valence-corrected chi connectivity index (χ0v) is 15.8. The molecule has 9 nitrogen and oxygen atoms in total. The number of aryl methyl sites for hydroxylation is 1. The van der Waals surface area contributed by atoms with E-state index in [1.807, 2.05) is 35.0 Å². The monoisotopic (exact) mass is 389 g/mol. The molecule has 1 amide bonds. The zero-order valence-electron chi connectivity index (χ0n) is 15.8. The van der Waals surface area contributed by atoms with Gasteiger partial charge in [-0.25, -0.2) is 9.97 Å². The van der Waals surface area contributed by atoms with Crippen LogP contribution in [0.1, 0.15) is 17.1 Å². The third kappa shape index (κ3) is 3.20. The third-order valence-corrected chi connectivity index (χ3v) is 5.12. The Kier molecular flexibility index (Phi) is 4.01. The number of rotatable bonds is 3. The van der Waals surface area contributed by atoms with Crippen LogP contribution in [-0.2, 0) is 24.3 Å². The fraction of sp³-hybridized carbons (Fsp3) is 0.250. The molecule has 0 saturated heterocycles. The maximum absolute atomic E-state index is 12.7. The molecule has 5 rings (SSSR count). The second kappa shape index (κ2) is 6.69. The Morgan fingerprint density at radius 3 is 2.90 bits per heavy atom. The Morgan fingerprint density at radius 1 is 1.21 bits per heavy atom. The van der Waals surface area contributed by atoms with Gasteiger partial charge in [-0.05, 0) is 25.1 Å². The van der Waals surface area contributed by atoms with Gasteiger partial charge >= 0.3 is 0 Å². The molecule has 0 fully saturated rings. The van der Waals surface area contributed by atoms with Gasteiger partial charge in [-0.3, -0.25) is 14.3 Å². The Bertz CT molecular complexity index is 1250. The number of imidazole rings is 1. The summed E-state index contributed by atoms with van der Waals surface area (Å²) in [6.45, 7) is 3.30. The van der Waals surface area contributed by atoms with Gasteiger partial charge in [0, 0.05) is 18.3 Å². The number of carbonyl (C=O) groups is 1. The molecule has 3 aromatic heterocycles. The second-order valence-electron chi connectivity index (χ2n) is 7.16. The van der Waals surface area contributed by atoms with Crippen LogP contribution < -0.4 is 5.56 Å². The van der Waals surface area contributed by atoms with Crippen LogP contribution in [0.25, 0.3) is 22.6 Å². The van der Waals surface area contributed by atoms with Crippen molar-refractivity contribution in [3.05, 3.63) is 64.0 Å². The molecule has 29 heavy (non-hydrogen) atoms. The van der Waals surface area contributed by atoms with Crippen LogP contribution in [0.2, 0.25) is 0 Å². The molecule has 1 aliphatic rings. The summed E-state index contributed by atoms with van der Waals surface area (Å²) in [5, 5.41) is 4.64. The largest absolute Gasteiger partial charge is 0.337 e. The molecular formula is C20H19N7O2. The van der Waals surface area contributed by atoms with E-state index in [2.05, 4.69) is 25.0 Å². The lowest BCUT2D eigenvalue weighted by Gasteiger charge is -2.27. The maximum atomic E-state index is 12.7. The van der Waals surface area contributed by atoms with E-state index in [4.69, 9.17) is 0 Å². The number of hydrogen-bond donors (Lipinski definition) is 2. The molecule has 146 valence electrons. The lowest BCUT2D eigenvalue weighted by molar-refractivity contribution is -0.132. The topological polar surface area (TPSA) is 113 Å². The summed E-state index contributed by atoms with van der Waals surface area (Å²) in [4.78, 5) is 41.0. The zero-order chi connectivity index (χ0) is 20.0. The summed E-state index contributed by atoms with van der Waals surface area (Å²) in [6, 6.07) is 9.79. The molecule has 9 heteroatoms. The predicted molar refractivity (Wildman–Crippen MR) is 106 cm³/mol. The Morgan fingerprint density at radius 2 is 2.07 bits per heavy atom. The Hall–Kier alpha value is -3.75. The number of amides is 1. The smallest absolute Gasteiger partial charge is 0.254 e. The molecular weight excluding hydrogens is 370 g/mol. The van der Waals surface area contributed by atoms with E-state index in [9.17, 15) is 9.59 Å². The van der Waals surface area contributed by atoms with Crippen molar-refractivity contribution in [2.24, 2.45) is 0 Å². The van der Waals surface area contributed by atoms with Crippen molar-refractivity contribution in [2.45, 2.75) is 26.4 Å². The van der Waals surface area contributed by atoms with Crippen LogP contribution >= 0.6 is 0 Å². The first-order valence-corrected chi connectivity index (χ1v) is 9.41. The number of H-pyrrole nitrogens is 2. The number of para-hydroxylation sites is 2. The van der Waals surface area contributed by atoms with Crippen LogP contribution in [0.15, 0.2) is 41.3 Å². The molecule has 0 unspecified atom stereocenters. The lowest BCUT2D eigenvalue weighted by atomic mass is 10.2.